The van der Waals surface area contributed by atoms with Crippen LogP contribution in [0.3, 0.4) is 0 Å². The van der Waals surface area contributed by atoms with Crippen LogP contribution < -0.4 is 4.74 Å². The number of carbonyl (C=O) groups is 1. The van der Waals surface area contributed by atoms with Gasteiger partial charge in [0.15, 0.2) is 0 Å². The maximum atomic E-state index is 11.5. The van der Waals surface area contributed by atoms with Crippen molar-refractivity contribution in [2.24, 2.45) is 11.8 Å². The standard InChI is InChI=1S/C21H26O3/c1-14(22)23-20-13-7-5-11-18(20)21-17-10-3-2-8-15(17)16-9-4-6-12-19(16)24-21/h5,7-8,11,13,16-17,19,21H,2-4,6,9-10,12H2,1H3. The number of benzene rings is 1. The Morgan fingerprint density at radius 1 is 1.08 bits per heavy atom. The molecular weight excluding hydrogens is 300 g/mol. The number of ether oxygens (including phenoxy) is 2. The van der Waals surface area contributed by atoms with Crippen molar-refractivity contribution >= 4 is 5.97 Å². The molecule has 0 radical (unpaired) electrons. The van der Waals surface area contributed by atoms with Crippen molar-refractivity contribution in [3.05, 3.63) is 41.5 Å². The molecule has 3 nitrogen and oxygen atoms in total. The van der Waals surface area contributed by atoms with E-state index in [1.54, 1.807) is 5.57 Å². The molecule has 0 bridgehead atoms. The molecule has 128 valence electrons. The van der Waals surface area contributed by atoms with E-state index in [2.05, 4.69) is 12.1 Å². The summed E-state index contributed by atoms with van der Waals surface area (Å²) in [5, 5.41) is 0. The molecule has 3 aliphatic rings. The normalized spacial score (nSPS) is 32.3. The van der Waals surface area contributed by atoms with E-state index in [9.17, 15) is 4.79 Å². The summed E-state index contributed by atoms with van der Waals surface area (Å²) in [5.74, 6) is 1.44. The van der Waals surface area contributed by atoms with Crippen LogP contribution in [0.2, 0.25) is 0 Å². The van der Waals surface area contributed by atoms with Gasteiger partial charge < -0.3 is 9.47 Å². The Bertz CT molecular complexity index is 648. The van der Waals surface area contributed by atoms with Gasteiger partial charge in [-0.3, -0.25) is 4.79 Å². The molecule has 1 aliphatic heterocycles. The second-order valence-corrected chi connectivity index (χ2v) is 7.36. The fourth-order valence-electron chi connectivity index (χ4n) is 4.85. The number of allylic oxidation sites excluding steroid dienone is 1. The van der Waals surface area contributed by atoms with Crippen LogP contribution in [-0.4, -0.2) is 12.1 Å². The second kappa shape index (κ2) is 6.72. The molecule has 4 rings (SSSR count). The van der Waals surface area contributed by atoms with E-state index in [0.717, 1.165) is 12.0 Å². The van der Waals surface area contributed by atoms with Crippen LogP contribution in [0.15, 0.2) is 35.9 Å². The smallest absolute Gasteiger partial charge is 0.308 e. The number of hydrogen-bond acceptors (Lipinski definition) is 3. The minimum Gasteiger partial charge on any atom is -0.426 e. The van der Waals surface area contributed by atoms with E-state index in [4.69, 9.17) is 9.47 Å². The summed E-state index contributed by atoms with van der Waals surface area (Å²) in [4.78, 5) is 11.5. The molecule has 4 unspecified atom stereocenters. The highest BCUT2D eigenvalue weighted by atomic mass is 16.5. The Labute approximate surface area is 144 Å². The molecule has 0 N–H and O–H groups in total. The van der Waals surface area contributed by atoms with Crippen LogP contribution in [0, 0.1) is 11.8 Å². The van der Waals surface area contributed by atoms with Gasteiger partial charge in [-0.25, -0.2) is 0 Å². The van der Waals surface area contributed by atoms with Gasteiger partial charge in [-0.2, -0.15) is 0 Å². The molecule has 2 aliphatic carbocycles. The summed E-state index contributed by atoms with van der Waals surface area (Å²) in [6.07, 6.45) is 11.4. The maximum Gasteiger partial charge on any atom is 0.308 e. The highest BCUT2D eigenvalue weighted by Gasteiger charge is 2.44. The number of rotatable bonds is 2. The molecule has 1 heterocycles. The van der Waals surface area contributed by atoms with Gasteiger partial charge in [0.2, 0.25) is 0 Å². The summed E-state index contributed by atoms with van der Waals surface area (Å²) in [7, 11) is 0. The number of esters is 1. The van der Waals surface area contributed by atoms with Crippen molar-refractivity contribution in [2.45, 2.75) is 64.1 Å². The van der Waals surface area contributed by atoms with E-state index < -0.39 is 0 Å². The van der Waals surface area contributed by atoms with Gasteiger partial charge in [-0.05, 0) is 38.2 Å². The molecule has 1 aromatic carbocycles. The number of carbonyl (C=O) groups excluding carboxylic acids is 1. The third-order valence-electron chi connectivity index (χ3n) is 5.82. The predicted molar refractivity (Wildman–Crippen MR) is 92.7 cm³/mol. The SMILES string of the molecule is CC(=O)Oc1ccccc1C1OC2CCCCC2C2=CCCCC21. The zero-order valence-corrected chi connectivity index (χ0v) is 14.4. The first-order valence-electron chi connectivity index (χ1n) is 9.37. The van der Waals surface area contributed by atoms with Crippen LogP contribution in [0.25, 0.3) is 0 Å². The average molecular weight is 326 g/mol. The van der Waals surface area contributed by atoms with Gasteiger partial charge in [-0.1, -0.05) is 42.7 Å². The van der Waals surface area contributed by atoms with Crippen molar-refractivity contribution in [1.82, 2.24) is 0 Å². The third-order valence-corrected chi connectivity index (χ3v) is 5.82. The minimum atomic E-state index is -0.270. The highest BCUT2D eigenvalue weighted by molar-refractivity contribution is 5.69. The largest absolute Gasteiger partial charge is 0.426 e. The summed E-state index contributed by atoms with van der Waals surface area (Å²) < 4.78 is 12.1. The lowest BCUT2D eigenvalue weighted by Crippen LogP contribution is -2.41. The molecular formula is C21H26O3. The van der Waals surface area contributed by atoms with E-state index in [0.29, 0.717) is 23.7 Å². The monoisotopic (exact) mass is 326 g/mol. The zero-order valence-electron chi connectivity index (χ0n) is 14.4. The first-order valence-corrected chi connectivity index (χ1v) is 9.37. The predicted octanol–water partition coefficient (Wildman–Crippen LogP) is 4.97. The summed E-state index contributed by atoms with van der Waals surface area (Å²) >= 11 is 0. The van der Waals surface area contributed by atoms with Gasteiger partial charge >= 0.3 is 5.97 Å². The van der Waals surface area contributed by atoms with Gasteiger partial charge in [0.05, 0.1) is 12.2 Å². The maximum absolute atomic E-state index is 11.5. The lowest BCUT2D eigenvalue weighted by molar-refractivity contribution is -0.132. The van der Waals surface area contributed by atoms with Crippen LogP contribution in [0.4, 0.5) is 0 Å². The molecule has 1 saturated carbocycles. The first-order chi connectivity index (χ1) is 11.7. The fraction of sp³-hybridized carbons (Fsp3) is 0.571. The van der Waals surface area contributed by atoms with Crippen molar-refractivity contribution in [1.29, 1.82) is 0 Å². The Hall–Kier alpha value is -1.61. The van der Waals surface area contributed by atoms with E-state index in [1.165, 1.54) is 45.4 Å². The third kappa shape index (κ3) is 2.90. The summed E-state index contributed by atoms with van der Waals surface area (Å²) in [6, 6.07) is 7.90. The molecule has 1 aromatic rings. The molecule has 1 saturated heterocycles. The van der Waals surface area contributed by atoms with Gasteiger partial charge in [0.1, 0.15) is 5.75 Å². The Morgan fingerprint density at radius 3 is 2.75 bits per heavy atom. The molecule has 4 atom stereocenters. The quantitative estimate of drug-likeness (QED) is 0.437. The zero-order chi connectivity index (χ0) is 16.5. The van der Waals surface area contributed by atoms with E-state index in [1.807, 2.05) is 18.2 Å². The molecule has 3 heteroatoms. The van der Waals surface area contributed by atoms with Crippen LogP contribution >= 0.6 is 0 Å². The topological polar surface area (TPSA) is 35.5 Å². The summed E-state index contributed by atoms with van der Waals surface area (Å²) in [6.45, 7) is 1.46. The van der Waals surface area contributed by atoms with E-state index in [-0.39, 0.29) is 12.1 Å². The fourth-order valence-corrected chi connectivity index (χ4v) is 4.85. The summed E-state index contributed by atoms with van der Waals surface area (Å²) in [5.41, 5.74) is 2.66. The molecule has 0 spiro atoms. The number of hydrogen-bond donors (Lipinski definition) is 0. The number of fused-ring (bicyclic) bond motifs is 3. The van der Waals surface area contributed by atoms with Crippen molar-refractivity contribution in [3.8, 4) is 5.75 Å². The van der Waals surface area contributed by atoms with Crippen molar-refractivity contribution < 1.29 is 14.3 Å². The molecule has 0 amide bonds. The first kappa shape index (κ1) is 15.9. The Balaban J connectivity index is 1.71. The minimum absolute atomic E-state index is 0.0199. The average Bonchev–Trinajstić information content (AvgIpc) is 2.61. The number of para-hydroxylation sites is 1. The van der Waals surface area contributed by atoms with Gasteiger partial charge in [0, 0.05) is 24.3 Å². The van der Waals surface area contributed by atoms with Gasteiger partial charge in [-0.15, -0.1) is 0 Å². The van der Waals surface area contributed by atoms with Crippen LogP contribution in [0.5, 0.6) is 5.75 Å². The lowest BCUT2D eigenvalue weighted by Gasteiger charge is -2.47. The van der Waals surface area contributed by atoms with Gasteiger partial charge in [0.25, 0.3) is 0 Å². The highest BCUT2D eigenvalue weighted by Crippen LogP contribution is 2.52. The molecule has 2 fully saturated rings. The van der Waals surface area contributed by atoms with Crippen molar-refractivity contribution in [2.75, 3.05) is 0 Å². The van der Waals surface area contributed by atoms with Crippen LogP contribution in [-0.2, 0) is 9.53 Å². The second-order valence-electron chi connectivity index (χ2n) is 7.36. The van der Waals surface area contributed by atoms with Crippen LogP contribution in [0.1, 0.15) is 63.5 Å². The van der Waals surface area contributed by atoms with E-state index >= 15 is 0 Å². The lowest BCUT2D eigenvalue weighted by atomic mass is 9.68. The molecule has 0 aromatic heterocycles. The van der Waals surface area contributed by atoms with Crippen molar-refractivity contribution in [3.63, 3.8) is 0 Å². The Morgan fingerprint density at radius 2 is 1.88 bits per heavy atom. The Kier molecular flexibility index (Phi) is 4.45. The molecule has 24 heavy (non-hydrogen) atoms.